The third-order valence-electron chi connectivity index (χ3n) is 7.94. The minimum atomic E-state index is -4.51. The maximum Gasteiger partial charge on any atom is 0.410 e. The van der Waals surface area contributed by atoms with E-state index in [0.29, 0.717) is 26.2 Å². The molecule has 3 heterocycles. The number of piperazine rings is 1. The smallest absolute Gasteiger partial charge is 0.363 e. The molecule has 1 saturated heterocycles. The van der Waals surface area contributed by atoms with E-state index in [2.05, 4.69) is 55.5 Å². The molecule has 2 atom stereocenters. The summed E-state index contributed by atoms with van der Waals surface area (Å²) >= 11 is 3.38. The first kappa shape index (κ1) is 27.5. The lowest BCUT2D eigenvalue weighted by atomic mass is 9.96. The highest BCUT2D eigenvalue weighted by molar-refractivity contribution is 9.10. The summed E-state index contributed by atoms with van der Waals surface area (Å²) in [4.78, 5) is 17.8. The number of halogens is 4. The van der Waals surface area contributed by atoms with Gasteiger partial charge in [-0.3, -0.25) is 9.69 Å². The van der Waals surface area contributed by atoms with Crippen molar-refractivity contribution < 1.29 is 18.0 Å². The van der Waals surface area contributed by atoms with Gasteiger partial charge in [0, 0.05) is 37.1 Å². The van der Waals surface area contributed by atoms with Crippen LogP contribution in [0.3, 0.4) is 0 Å². The van der Waals surface area contributed by atoms with Crippen LogP contribution in [0.4, 0.5) is 19.0 Å². The van der Waals surface area contributed by atoms with Crippen molar-refractivity contribution in [1.29, 1.82) is 0 Å². The molecule has 1 fully saturated rings. The molecule has 1 aromatic heterocycles. The number of rotatable bonds is 5. The highest BCUT2D eigenvalue weighted by atomic mass is 79.9. The Labute approximate surface area is 244 Å². The van der Waals surface area contributed by atoms with Gasteiger partial charge in [0.2, 0.25) is 0 Å². The van der Waals surface area contributed by atoms with E-state index in [1.54, 1.807) is 29.2 Å². The topological polar surface area (TPSA) is 53.4 Å². The molecule has 41 heavy (non-hydrogen) atoms. The highest BCUT2D eigenvalue weighted by Gasteiger charge is 2.47. The maximum absolute atomic E-state index is 14.1. The number of nitrogens with one attached hydrogen (secondary N) is 1. The molecule has 212 valence electrons. The second-order valence-electron chi connectivity index (χ2n) is 10.4. The molecule has 6 rings (SSSR count). The van der Waals surface area contributed by atoms with Crippen LogP contribution in [0.2, 0.25) is 0 Å². The minimum Gasteiger partial charge on any atom is -0.363 e. The number of fused-ring (bicyclic) bond motifs is 1. The molecular formula is C31H29BrF3N5O. The van der Waals surface area contributed by atoms with Gasteiger partial charge in [-0.15, -0.1) is 0 Å². The standard InChI is InChI=1S/C31H29BrF3N5O/c32-24-13-11-21(12-14-24)26-19-27(31(33,34)35)40-29(37-26)25(20-36-40)30(41)39-17-15-38(16-18-39)28(22-7-3-1-4-8-22)23-9-5-2-6-10-23/h1-14,20,26-28,37H,15-19H2/t26-,27+/m1/s1. The maximum atomic E-state index is 14.1. The number of carbonyl (C=O) groups excluding carboxylic acids is 1. The number of amides is 1. The SMILES string of the molecule is O=C(c1cnn2c1N[C@@H](c1ccc(Br)cc1)C[C@H]2C(F)(F)F)N1CCN(C(c2ccccc2)c2ccccc2)CC1. The monoisotopic (exact) mass is 623 g/mol. The van der Waals surface area contributed by atoms with Crippen LogP contribution in [-0.4, -0.2) is 57.8 Å². The lowest BCUT2D eigenvalue weighted by molar-refractivity contribution is -0.173. The number of carbonyl (C=O) groups is 1. The molecule has 0 radical (unpaired) electrons. The van der Waals surface area contributed by atoms with Crippen LogP contribution in [0.25, 0.3) is 0 Å². The van der Waals surface area contributed by atoms with E-state index in [1.807, 2.05) is 36.4 Å². The minimum absolute atomic E-state index is 0.0411. The summed E-state index contributed by atoms with van der Waals surface area (Å²) in [7, 11) is 0. The Hall–Kier alpha value is -3.63. The van der Waals surface area contributed by atoms with E-state index >= 15 is 0 Å². The molecule has 1 N–H and O–H groups in total. The van der Waals surface area contributed by atoms with Gasteiger partial charge >= 0.3 is 6.18 Å². The lowest BCUT2D eigenvalue weighted by Gasteiger charge is -2.40. The molecule has 0 aliphatic carbocycles. The van der Waals surface area contributed by atoms with E-state index in [-0.39, 0.29) is 29.8 Å². The van der Waals surface area contributed by atoms with Gasteiger partial charge in [0.05, 0.1) is 18.3 Å². The lowest BCUT2D eigenvalue weighted by Crippen LogP contribution is -2.50. The third-order valence-corrected chi connectivity index (χ3v) is 8.47. The van der Waals surface area contributed by atoms with Crippen LogP contribution in [0.15, 0.2) is 95.6 Å². The van der Waals surface area contributed by atoms with Crippen molar-refractivity contribution in [2.24, 2.45) is 0 Å². The van der Waals surface area contributed by atoms with Crippen molar-refractivity contribution in [1.82, 2.24) is 19.6 Å². The Morgan fingerprint density at radius 2 is 1.46 bits per heavy atom. The molecule has 0 spiro atoms. The fourth-order valence-corrected chi connectivity index (χ4v) is 6.14. The Morgan fingerprint density at radius 3 is 2.02 bits per heavy atom. The molecule has 6 nitrogen and oxygen atoms in total. The van der Waals surface area contributed by atoms with Crippen molar-refractivity contribution >= 4 is 27.7 Å². The van der Waals surface area contributed by atoms with Crippen LogP contribution >= 0.6 is 15.9 Å². The van der Waals surface area contributed by atoms with Gasteiger partial charge in [-0.25, -0.2) is 4.68 Å². The molecule has 0 unspecified atom stereocenters. The zero-order valence-electron chi connectivity index (χ0n) is 22.1. The Balaban J connectivity index is 1.23. The summed E-state index contributed by atoms with van der Waals surface area (Å²) < 4.78 is 44.2. The van der Waals surface area contributed by atoms with Crippen molar-refractivity contribution in [3.63, 3.8) is 0 Å². The molecule has 4 aromatic rings. The summed E-state index contributed by atoms with van der Waals surface area (Å²) in [5.74, 6) is -0.197. The van der Waals surface area contributed by atoms with Crippen molar-refractivity contribution in [3.05, 3.63) is 118 Å². The van der Waals surface area contributed by atoms with Gasteiger partial charge in [-0.05, 0) is 28.8 Å². The zero-order chi connectivity index (χ0) is 28.6. The Bertz CT molecular complexity index is 1450. The number of benzene rings is 3. The second kappa shape index (κ2) is 11.3. The third kappa shape index (κ3) is 5.63. The van der Waals surface area contributed by atoms with Crippen molar-refractivity contribution in [2.45, 2.75) is 30.7 Å². The van der Waals surface area contributed by atoms with E-state index in [4.69, 9.17) is 0 Å². The molecule has 2 aliphatic heterocycles. The predicted octanol–water partition coefficient (Wildman–Crippen LogP) is 6.85. The first-order valence-corrected chi connectivity index (χ1v) is 14.4. The Morgan fingerprint density at radius 1 is 0.878 bits per heavy atom. The predicted molar refractivity (Wildman–Crippen MR) is 155 cm³/mol. The number of hydrogen-bond acceptors (Lipinski definition) is 4. The highest BCUT2D eigenvalue weighted by Crippen LogP contribution is 2.44. The van der Waals surface area contributed by atoms with Crippen LogP contribution in [0.5, 0.6) is 0 Å². The van der Waals surface area contributed by atoms with Gasteiger partial charge in [0.1, 0.15) is 11.4 Å². The van der Waals surface area contributed by atoms with Crippen LogP contribution in [-0.2, 0) is 0 Å². The first-order valence-electron chi connectivity index (χ1n) is 13.6. The molecule has 2 aliphatic rings. The average Bonchev–Trinajstić information content (AvgIpc) is 3.42. The first-order chi connectivity index (χ1) is 19.8. The molecule has 0 bridgehead atoms. The normalized spacial score (nSPS) is 19.6. The summed E-state index contributed by atoms with van der Waals surface area (Å²) in [6.45, 7) is 2.17. The molecule has 10 heteroatoms. The fourth-order valence-electron chi connectivity index (χ4n) is 5.87. The average molecular weight is 625 g/mol. The summed E-state index contributed by atoms with van der Waals surface area (Å²) in [6.07, 6.45) is -3.45. The van der Waals surface area contributed by atoms with E-state index in [1.165, 1.54) is 17.3 Å². The number of anilines is 1. The second-order valence-corrected chi connectivity index (χ2v) is 11.4. The number of nitrogens with zero attached hydrogens (tertiary/aromatic N) is 4. The van der Waals surface area contributed by atoms with E-state index < -0.39 is 18.3 Å². The quantitative estimate of drug-likeness (QED) is 0.264. The van der Waals surface area contributed by atoms with E-state index in [0.717, 1.165) is 14.7 Å². The van der Waals surface area contributed by atoms with Gasteiger partial charge in [0.15, 0.2) is 6.04 Å². The fraction of sp³-hybridized carbons (Fsp3) is 0.290. The molecule has 1 amide bonds. The van der Waals surface area contributed by atoms with Crippen LogP contribution in [0, 0.1) is 0 Å². The van der Waals surface area contributed by atoms with Crippen LogP contribution in [0.1, 0.15) is 51.6 Å². The summed E-state index contributed by atoms with van der Waals surface area (Å²) in [5.41, 5.74) is 3.23. The molecule has 3 aromatic carbocycles. The number of alkyl halides is 3. The summed E-state index contributed by atoms with van der Waals surface area (Å²) in [5, 5.41) is 7.25. The number of hydrogen-bond donors (Lipinski definition) is 1. The van der Waals surface area contributed by atoms with Gasteiger partial charge in [-0.1, -0.05) is 88.7 Å². The van der Waals surface area contributed by atoms with Gasteiger partial charge in [-0.2, -0.15) is 18.3 Å². The van der Waals surface area contributed by atoms with Gasteiger partial charge < -0.3 is 10.2 Å². The number of aromatic nitrogens is 2. The zero-order valence-corrected chi connectivity index (χ0v) is 23.7. The van der Waals surface area contributed by atoms with Crippen molar-refractivity contribution in [3.8, 4) is 0 Å². The van der Waals surface area contributed by atoms with Crippen LogP contribution < -0.4 is 5.32 Å². The summed E-state index contributed by atoms with van der Waals surface area (Å²) in [6, 6.07) is 25.3. The van der Waals surface area contributed by atoms with E-state index in [9.17, 15) is 18.0 Å². The molecule has 0 saturated carbocycles. The Kier molecular flexibility index (Phi) is 7.61. The van der Waals surface area contributed by atoms with Gasteiger partial charge in [0.25, 0.3) is 5.91 Å². The molecular weight excluding hydrogens is 595 g/mol. The largest absolute Gasteiger partial charge is 0.410 e. The van der Waals surface area contributed by atoms with Crippen molar-refractivity contribution in [2.75, 3.05) is 31.5 Å².